The summed E-state index contributed by atoms with van der Waals surface area (Å²) in [5, 5.41) is 26.3. The lowest BCUT2D eigenvalue weighted by atomic mass is 10.1. The van der Waals surface area contributed by atoms with Gasteiger partial charge in [-0.15, -0.1) is 6.58 Å². The van der Waals surface area contributed by atoms with Crippen molar-refractivity contribution in [3.63, 3.8) is 0 Å². The predicted molar refractivity (Wildman–Crippen MR) is 85.2 cm³/mol. The molecule has 1 aromatic heterocycles. The number of phenolic OH excluding ortho intramolecular Hbond substituents is 1. The van der Waals surface area contributed by atoms with E-state index in [0.717, 1.165) is 16.8 Å². The van der Waals surface area contributed by atoms with E-state index in [-0.39, 0.29) is 12.4 Å². The Morgan fingerprint density at radius 3 is 2.95 bits per heavy atom. The Morgan fingerprint density at radius 2 is 2.27 bits per heavy atom. The molecule has 0 aliphatic heterocycles. The topological polar surface area (TPSA) is 79.5 Å². The number of allylic oxidation sites excluding steroid dienone is 1. The molecule has 0 unspecified atom stereocenters. The number of aromatic hydroxyl groups is 1. The Bertz CT molecular complexity index is 638. The Morgan fingerprint density at radius 1 is 1.45 bits per heavy atom. The van der Waals surface area contributed by atoms with Crippen molar-refractivity contribution in [2.24, 2.45) is 0 Å². The molecular formula is C16H21N3O3. The van der Waals surface area contributed by atoms with Gasteiger partial charge in [0.25, 0.3) is 0 Å². The second-order valence-corrected chi connectivity index (χ2v) is 4.87. The number of hydrogen-bond acceptors (Lipinski definition) is 5. The molecule has 0 aliphatic rings. The second kappa shape index (κ2) is 7.51. The van der Waals surface area contributed by atoms with Crippen molar-refractivity contribution in [1.29, 1.82) is 0 Å². The molecule has 1 heterocycles. The van der Waals surface area contributed by atoms with E-state index in [1.807, 2.05) is 12.3 Å². The van der Waals surface area contributed by atoms with Gasteiger partial charge in [-0.25, -0.2) is 0 Å². The van der Waals surface area contributed by atoms with Crippen molar-refractivity contribution < 1.29 is 14.9 Å². The van der Waals surface area contributed by atoms with Gasteiger partial charge in [0.05, 0.1) is 32.1 Å². The molecule has 6 heteroatoms. The monoisotopic (exact) mass is 303 g/mol. The van der Waals surface area contributed by atoms with Gasteiger partial charge in [0.1, 0.15) is 0 Å². The Hall–Kier alpha value is -2.47. The van der Waals surface area contributed by atoms with Gasteiger partial charge in [-0.05, 0) is 24.1 Å². The second-order valence-electron chi connectivity index (χ2n) is 4.87. The highest BCUT2D eigenvalue weighted by atomic mass is 16.5. The van der Waals surface area contributed by atoms with Crippen LogP contribution in [0.15, 0.2) is 37.2 Å². The SMILES string of the molecule is C=CCc1cc(CNc2cnn(CCO)c2)cc(OC)c1O. The lowest BCUT2D eigenvalue weighted by molar-refractivity contribution is 0.269. The minimum Gasteiger partial charge on any atom is -0.504 e. The summed E-state index contributed by atoms with van der Waals surface area (Å²) in [6.07, 6.45) is 5.85. The van der Waals surface area contributed by atoms with Crippen LogP contribution in [0.25, 0.3) is 0 Å². The lowest BCUT2D eigenvalue weighted by Gasteiger charge is -2.12. The Labute approximate surface area is 129 Å². The predicted octanol–water partition coefficient (Wildman–Crippen LogP) is 1.93. The molecule has 6 nitrogen and oxygen atoms in total. The van der Waals surface area contributed by atoms with E-state index in [2.05, 4.69) is 17.0 Å². The fourth-order valence-corrected chi connectivity index (χ4v) is 2.18. The highest BCUT2D eigenvalue weighted by Gasteiger charge is 2.10. The highest BCUT2D eigenvalue weighted by Crippen LogP contribution is 2.32. The quantitative estimate of drug-likeness (QED) is 0.649. The van der Waals surface area contributed by atoms with Crippen LogP contribution < -0.4 is 10.1 Å². The smallest absolute Gasteiger partial charge is 0.161 e. The normalized spacial score (nSPS) is 10.5. The van der Waals surface area contributed by atoms with Crippen LogP contribution in [0.5, 0.6) is 11.5 Å². The van der Waals surface area contributed by atoms with E-state index in [9.17, 15) is 5.11 Å². The largest absolute Gasteiger partial charge is 0.504 e. The van der Waals surface area contributed by atoms with Gasteiger partial charge in [0.2, 0.25) is 0 Å². The van der Waals surface area contributed by atoms with Gasteiger partial charge < -0.3 is 20.3 Å². The van der Waals surface area contributed by atoms with Crippen LogP contribution in [0.2, 0.25) is 0 Å². The van der Waals surface area contributed by atoms with Gasteiger partial charge in [-0.1, -0.05) is 6.08 Å². The zero-order valence-corrected chi connectivity index (χ0v) is 12.6. The average molecular weight is 303 g/mol. The molecule has 0 bridgehead atoms. The molecule has 22 heavy (non-hydrogen) atoms. The van der Waals surface area contributed by atoms with Crippen molar-refractivity contribution in [2.45, 2.75) is 19.5 Å². The minimum atomic E-state index is 0.0567. The Balaban J connectivity index is 2.10. The summed E-state index contributed by atoms with van der Waals surface area (Å²) >= 11 is 0. The van der Waals surface area contributed by atoms with Crippen LogP contribution in [0.3, 0.4) is 0 Å². The summed E-state index contributed by atoms with van der Waals surface area (Å²) in [7, 11) is 1.53. The third-order valence-electron chi connectivity index (χ3n) is 3.26. The summed E-state index contributed by atoms with van der Waals surface area (Å²) in [6.45, 7) is 4.80. The molecule has 118 valence electrons. The molecule has 0 radical (unpaired) electrons. The van der Waals surface area contributed by atoms with Gasteiger partial charge in [-0.2, -0.15) is 5.10 Å². The number of benzene rings is 1. The first-order chi connectivity index (χ1) is 10.7. The first-order valence-corrected chi connectivity index (χ1v) is 7.04. The van der Waals surface area contributed by atoms with Crippen molar-refractivity contribution in [1.82, 2.24) is 9.78 Å². The van der Waals surface area contributed by atoms with Crippen LogP contribution >= 0.6 is 0 Å². The molecule has 0 fully saturated rings. The van der Waals surface area contributed by atoms with Crippen molar-refractivity contribution in [2.75, 3.05) is 19.0 Å². The third kappa shape index (κ3) is 3.79. The molecule has 2 rings (SSSR count). The fraction of sp³-hybridized carbons (Fsp3) is 0.312. The van der Waals surface area contributed by atoms with Crippen molar-refractivity contribution >= 4 is 5.69 Å². The van der Waals surface area contributed by atoms with E-state index < -0.39 is 0 Å². The maximum atomic E-state index is 10.1. The van der Waals surface area contributed by atoms with E-state index >= 15 is 0 Å². The molecule has 0 aliphatic carbocycles. The molecule has 0 atom stereocenters. The zero-order valence-electron chi connectivity index (χ0n) is 12.6. The van der Waals surface area contributed by atoms with Crippen LogP contribution in [0.1, 0.15) is 11.1 Å². The van der Waals surface area contributed by atoms with Crippen LogP contribution in [-0.4, -0.2) is 33.7 Å². The van der Waals surface area contributed by atoms with Gasteiger partial charge >= 0.3 is 0 Å². The first kappa shape index (κ1) is 15.9. The third-order valence-corrected chi connectivity index (χ3v) is 3.26. The molecule has 0 saturated heterocycles. The number of hydrogen-bond donors (Lipinski definition) is 3. The summed E-state index contributed by atoms with van der Waals surface area (Å²) in [6, 6.07) is 3.72. The number of ether oxygens (including phenoxy) is 1. The summed E-state index contributed by atoms with van der Waals surface area (Å²) in [4.78, 5) is 0. The molecule has 0 saturated carbocycles. The molecular weight excluding hydrogens is 282 g/mol. The zero-order chi connectivity index (χ0) is 15.9. The number of nitrogens with zero attached hydrogens (tertiary/aromatic N) is 2. The van der Waals surface area contributed by atoms with E-state index in [0.29, 0.717) is 25.3 Å². The van der Waals surface area contributed by atoms with Gasteiger partial charge in [0, 0.05) is 18.3 Å². The number of rotatable bonds is 8. The van der Waals surface area contributed by atoms with Gasteiger partial charge in [0.15, 0.2) is 11.5 Å². The molecule has 3 N–H and O–H groups in total. The number of nitrogens with one attached hydrogen (secondary N) is 1. The minimum absolute atomic E-state index is 0.0567. The summed E-state index contributed by atoms with van der Waals surface area (Å²) in [5.74, 6) is 0.606. The number of anilines is 1. The van der Waals surface area contributed by atoms with Crippen molar-refractivity contribution in [3.05, 3.63) is 48.3 Å². The van der Waals surface area contributed by atoms with Crippen LogP contribution in [0, 0.1) is 0 Å². The number of aliphatic hydroxyl groups is 1. The average Bonchev–Trinajstić information content (AvgIpc) is 2.96. The standard InChI is InChI=1S/C16H21N3O3/c1-3-4-13-7-12(8-15(22-2)16(13)21)9-17-14-10-18-19(11-14)5-6-20/h3,7-8,10-11,17,20-21H,1,4-6,9H2,2H3. The number of aromatic nitrogens is 2. The van der Waals surface area contributed by atoms with E-state index in [1.54, 1.807) is 23.0 Å². The highest BCUT2D eigenvalue weighted by molar-refractivity contribution is 5.50. The number of phenols is 1. The molecule has 2 aromatic rings. The lowest BCUT2D eigenvalue weighted by Crippen LogP contribution is -2.02. The number of aliphatic hydroxyl groups excluding tert-OH is 1. The van der Waals surface area contributed by atoms with Crippen LogP contribution in [0.4, 0.5) is 5.69 Å². The van der Waals surface area contributed by atoms with E-state index in [1.165, 1.54) is 7.11 Å². The van der Waals surface area contributed by atoms with Crippen LogP contribution in [-0.2, 0) is 19.5 Å². The summed E-state index contributed by atoms with van der Waals surface area (Å²) < 4.78 is 6.87. The van der Waals surface area contributed by atoms with Gasteiger partial charge in [-0.3, -0.25) is 4.68 Å². The van der Waals surface area contributed by atoms with Crippen molar-refractivity contribution in [3.8, 4) is 11.5 Å². The molecule has 0 amide bonds. The maximum Gasteiger partial charge on any atom is 0.161 e. The summed E-state index contributed by atoms with van der Waals surface area (Å²) in [5.41, 5.74) is 2.63. The maximum absolute atomic E-state index is 10.1. The van der Waals surface area contributed by atoms with E-state index in [4.69, 9.17) is 9.84 Å². The Kier molecular flexibility index (Phi) is 5.43. The molecule has 0 spiro atoms. The first-order valence-electron chi connectivity index (χ1n) is 7.04. The number of methoxy groups -OCH3 is 1. The molecule has 1 aromatic carbocycles. The fourth-order valence-electron chi connectivity index (χ4n) is 2.18.